The van der Waals surface area contributed by atoms with Crippen LogP contribution in [0.4, 0.5) is 0 Å². The molecule has 0 radical (unpaired) electrons. The van der Waals surface area contributed by atoms with Crippen LogP contribution < -0.4 is 4.74 Å². The molecule has 2 aliphatic rings. The number of carbonyl (C=O) groups excluding carboxylic acids is 2. The third-order valence-electron chi connectivity index (χ3n) is 5.67. The van der Waals surface area contributed by atoms with Gasteiger partial charge in [-0.1, -0.05) is 42.1 Å². The molecular formula is C22H20Cl2N2O4. The average Bonchev–Trinajstić information content (AvgIpc) is 3.35. The number of halogens is 2. The molecule has 1 aliphatic carbocycles. The van der Waals surface area contributed by atoms with E-state index < -0.39 is 17.7 Å². The standard InChI is InChI=1S/C22H20Cl2N2O4/c1-30-21-15(23)9-13(10-16(21)24)19(27)17-18(12-5-4-8-25-11-12)26(22(29)20(17)28)14-6-2-3-7-14/h4-5,8-11,14,18,27H,2-3,6-7H2,1H3/b19-17+. The first-order valence-electron chi connectivity index (χ1n) is 9.67. The molecule has 1 aromatic heterocycles. The molecular weight excluding hydrogens is 427 g/mol. The second-order valence-electron chi connectivity index (χ2n) is 7.40. The highest BCUT2D eigenvalue weighted by Crippen LogP contribution is 2.44. The summed E-state index contributed by atoms with van der Waals surface area (Å²) in [6.07, 6.45) is 6.87. The summed E-state index contributed by atoms with van der Waals surface area (Å²) < 4.78 is 5.15. The molecule has 0 bridgehead atoms. The lowest BCUT2D eigenvalue weighted by molar-refractivity contribution is -0.141. The van der Waals surface area contributed by atoms with Gasteiger partial charge in [-0.15, -0.1) is 0 Å². The molecule has 1 N–H and O–H groups in total. The number of hydrogen-bond acceptors (Lipinski definition) is 5. The van der Waals surface area contributed by atoms with Crippen LogP contribution in [-0.4, -0.2) is 39.8 Å². The fourth-order valence-corrected chi connectivity index (χ4v) is 4.96. The van der Waals surface area contributed by atoms with E-state index in [1.54, 1.807) is 29.4 Å². The van der Waals surface area contributed by atoms with Crippen LogP contribution in [0.25, 0.3) is 5.76 Å². The number of rotatable bonds is 4. The van der Waals surface area contributed by atoms with Gasteiger partial charge in [0.05, 0.1) is 28.8 Å². The van der Waals surface area contributed by atoms with E-state index in [4.69, 9.17) is 27.9 Å². The van der Waals surface area contributed by atoms with Crippen molar-refractivity contribution in [2.75, 3.05) is 7.11 Å². The van der Waals surface area contributed by atoms with Gasteiger partial charge < -0.3 is 14.7 Å². The number of pyridine rings is 1. The summed E-state index contributed by atoms with van der Waals surface area (Å²) in [7, 11) is 1.43. The van der Waals surface area contributed by atoms with Crippen molar-refractivity contribution in [1.29, 1.82) is 0 Å². The third kappa shape index (κ3) is 3.44. The van der Waals surface area contributed by atoms with Gasteiger partial charge in [0.15, 0.2) is 5.75 Å². The maximum Gasteiger partial charge on any atom is 0.295 e. The molecule has 2 aromatic rings. The van der Waals surface area contributed by atoms with Crippen molar-refractivity contribution in [2.24, 2.45) is 0 Å². The van der Waals surface area contributed by atoms with Gasteiger partial charge in [-0.3, -0.25) is 14.6 Å². The van der Waals surface area contributed by atoms with Gasteiger partial charge in [0, 0.05) is 24.0 Å². The van der Waals surface area contributed by atoms with Gasteiger partial charge in [0.2, 0.25) is 0 Å². The van der Waals surface area contributed by atoms with E-state index >= 15 is 0 Å². The SMILES string of the molecule is COc1c(Cl)cc(/C(O)=C2\C(=O)C(=O)N(C3CCCC3)C2c2cccnc2)cc1Cl. The number of Topliss-reactive ketones (excluding diaryl/α,β-unsaturated/α-hetero) is 1. The Balaban J connectivity index is 1.89. The topological polar surface area (TPSA) is 79.7 Å². The molecule has 2 heterocycles. The largest absolute Gasteiger partial charge is 0.507 e. The number of carbonyl (C=O) groups is 2. The van der Waals surface area contributed by atoms with Crippen LogP contribution in [-0.2, 0) is 9.59 Å². The fourth-order valence-electron chi connectivity index (χ4n) is 4.32. The van der Waals surface area contributed by atoms with Crippen molar-refractivity contribution in [2.45, 2.75) is 37.8 Å². The normalized spacial score (nSPS) is 21.4. The van der Waals surface area contributed by atoms with E-state index in [9.17, 15) is 14.7 Å². The Morgan fingerprint density at radius 1 is 1.20 bits per heavy atom. The minimum atomic E-state index is -0.726. The minimum Gasteiger partial charge on any atom is -0.507 e. The van der Waals surface area contributed by atoms with Crippen molar-refractivity contribution in [3.05, 3.63) is 63.4 Å². The number of ether oxygens (including phenoxy) is 1. The van der Waals surface area contributed by atoms with Crippen LogP contribution in [0.3, 0.4) is 0 Å². The Morgan fingerprint density at radius 2 is 1.87 bits per heavy atom. The van der Waals surface area contributed by atoms with Gasteiger partial charge in [0.1, 0.15) is 5.76 Å². The lowest BCUT2D eigenvalue weighted by Crippen LogP contribution is -2.37. The van der Waals surface area contributed by atoms with Crippen molar-refractivity contribution in [1.82, 2.24) is 9.88 Å². The second kappa shape index (κ2) is 8.28. The Labute approximate surface area is 184 Å². The zero-order valence-electron chi connectivity index (χ0n) is 16.3. The summed E-state index contributed by atoms with van der Waals surface area (Å²) in [6.45, 7) is 0. The summed E-state index contributed by atoms with van der Waals surface area (Å²) in [6, 6.07) is 5.69. The number of benzene rings is 1. The molecule has 0 spiro atoms. The van der Waals surface area contributed by atoms with Gasteiger partial charge >= 0.3 is 0 Å². The predicted molar refractivity (Wildman–Crippen MR) is 114 cm³/mol. The molecule has 8 heteroatoms. The van der Waals surface area contributed by atoms with E-state index in [0.717, 1.165) is 25.7 Å². The van der Waals surface area contributed by atoms with Crippen LogP contribution in [0.1, 0.15) is 42.9 Å². The summed E-state index contributed by atoms with van der Waals surface area (Å²) in [5.41, 5.74) is 0.914. The third-order valence-corrected chi connectivity index (χ3v) is 6.24. The predicted octanol–water partition coefficient (Wildman–Crippen LogP) is 4.76. The molecule has 2 fully saturated rings. The lowest BCUT2D eigenvalue weighted by Gasteiger charge is -2.30. The lowest BCUT2D eigenvalue weighted by atomic mass is 9.95. The zero-order valence-corrected chi connectivity index (χ0v) is 17.8. The molecule has 1 unspecified atom stereocenters. The van der Waals surface area contributed by atoms with E-state index in [1.807, 2.05) is 0 Å². The molecule has 1 atom stereocenters. The molecule has 1 aliphatic heterocycles. The Morgan fingerprint density at radius 3 is 2.43 bits per heavy atom. The number of likely N-dealkylation sites (tertiary alicyclic amines) is 1. The number of aliphatic hydroxyl groups is 1. The number of hydrogen-bond donors (Lipinski definition) is 1. The van der Waals surface area contributed by atoms with E-state index in [0.29, 0.717) is 5.56 Å². The summed E-state index contributed by atoms with van der Waals surface area (Å²) in [4.78, 5) is 31.8. The van der Waals surface area contributed by atoms with Crippen LogP contribution >= 0.6 is 23.2 Å². The van der Waals surface area contributed by atoms with Crippen molar-refractivity contribution in [3.63, 3.8) is 0 Å². The zero-order chi connectivity index (χ0) is 21.4. The molecule has 30 heavy (non-hydrogen) atoms. The number of methoxy groups -OCH3 is 1. The van der Waals surface area contributed by atoms with Gasteiger partial charge in [-0.05, 0) is 36.6 Å². The molecule has 156 valence electrons. The average molecular weight is 447 g/mol. The highest BCUT2D eigenvalue weighted by Gasteiger charge is 2.49. The van der Waals surface area contributed by atoms with Gasteiger partial charge in [0.25, 0.3) is 11.7 Å². The van der Waals surface area contributed by atoms with Gasteiger partial charge in [-0.2, -0.15) is 0 Å². The molecule has 1 aromatic carbocycles. The quantitative estimate of drug-likeness (QED) is 0.415. The van der Waals surface area contributed by atoms with Crippen LogP contribution in [0.2, 0.25) is 10.0 Å². The van der Waals surface area contributed by atoms with Crippen molar-refractivity contribution < 1.29 is 19.4 Å². The number of aliphatic hydroxyl groups excluding tert-OH is 1. The maximum atomic E-state index is 13.0. The van der Waals surface area contributed by atoms with Crippen LogP contribution in [0, 0.1) is 0 Å². The van der Waals surface area contributed by atoms with Crippen molar-refractivity contribution in [3.8, 4) is 5.75 Å². The molecule has 1 saturated heterocycles. The molecule has 1 amide bonds. The number of nitrogens with zero attached hydrogens (tertiary/aromatic N) is 2. The summed E-state index contributed by atoms with van der Waals surface area (Å²) in [5, 5.41) is 11.5. The fraction of sp³-hybridized carbons (Fsp3) is 0.318. The first-order valence-corrected chi connectivity index (χ1v) is 10.4. The van der Waals surface area contributed by atoms with Gasteiger partial charge in [-0.25, -0.2) is 0 Å². The van der Waals surface area contributed by atoms with Crippen molar-refractivity contribution >= 4 is 40.7 Å². The van der Waals surface area contributed by atoms with E-state index in [1.165, 1.54) is 19.2 Å². The summed E-state index contributed by atoms with van der Waals surface area (Å²) in [5.74, 6) is -1.39. The number of aromatic nitrogens is 1. The highest BCUT2D eigenvalue weighted by molar-refractivity contribution is 6.47. The summed E-state index contributed by atoms with van der Waals surface area (Å²) >= 11 is 12.4. The monoisotopic (exact) mass is 446 g/mol. The van der Waals surface area contributed by atoms with E-state index in [2.05, 4.69) is 4.98 Å². The second-order valence-corrected chi connectivity index (χ2v) is 8.22. The first-order chi connectivity index (χ1) is 14.4. The number of amides is 1. The number of ketones is 1. The molecule has 6 nitrogen and oxygen atoms in total. The van der Waals surface area contributed by atoms with Crippen LogP contribution in [0.15, 0.2) is 42.2 Å². The highest BCUT2D eigenvalue weighted by atomic mass is 35.5. The minimum absolute atomic E-state index is 0.0113. The maximum absolute atomic E-state index is 13.0. The van der Waals surface area contributed by atoms with E-state index in [-0.39, 0.29) is 38.7 Å². The molecule has 1 saturated carbocycles. The smallest absolute Gasteiger partial charge is 0.295 e. The first kappa shape index (κ1) is 20.7. The Bertz CT molecular complexity index is 1010. The Kier molecular flexibility index (Phi) is 5.71. The molecule has 4 rings (SSSR count). The Hall–Kier alpha value is -2.57. The van der Waals surface area contributed by atoms with Crippen LogP contribution in [0.5, 0.6) is 5.75 Å².